The molecule has 4 aromatic rings. The molecule has 0 radical (unpaired) electrons. The summed E-state index contributed by atoms with van der Waals surface area (Å²) >= 11 is 3.53. The Morgan fingerprint density at radius 1 is 0.969 bits per heavy atom. The molecular weight excluding hydrogens is 480 g/mol. The molecule has 3 heterocycles. The Bertz CT molecular complexity index is 1360. The van der Waals surface area contributed by atoms with Crippen LogP contribution in [0.5, 0.6) is 0 Å². The number of fused-ring (bicyclic) bond motifs is 2. The van der Waals surface area contributed by atoms with E-state index in [2.05, 4.69) is 15.9 Å². The third-order valence-corrected chi connectivity index (χ3v) is 6.29. The minimum absolute atomic E-state index is 0.00406. The zero-order chi connectivity index (χ0) is 22.6. The highest BCUT2D eigenvalue weighted by molar-refractivity contribution is 9.10. The summed E-state index contributed by atoms with van der Waals surface area (Å²) in [5.74, 6) is -2.39. The van der Waals surface area contributed by atoms with Crippen molar-refractivity contribution < 1.29 is 18.4 Å². The first-order valence-electron chi connectivity index (χ1n) is 9.87. The predicted molar refractivity (Wildman–Crippen MR) is 118 cm³/mol. The number of hydrogen-bond acceptors (Lipinski definition) is 3. The van der Waals surface area contributed by atoms with Gasteiger partial charge in [-0.05, 0) is 64.3 Å². The van der Waals surface area contributed by atoms with Gasteiger partial charge in [-0.1, -0.05) is 12.1 Å². The van der Waals surface area contributed by atoms with Crippen LogP contribution in [-0.2, 0) is 13.5 Å². The summed E-state index contributed by atoms with van der Waals surface area (Å²) in [4.78, 5) is 32.3. The van der Waals surface area contributed by atoms with Gasteiger partial charge in [0.1, 0.15) is 11.6 Å². The van der Waals surface area contributed by atoms with Gasteiger partial charge in [0.05, 0.1) is 33.9 Å². The number of benzene rings is 2. The number of aryl methyl sites for hydroxylation is 1. The standard InChI is InChI=1S/C24H16BrF2N3O2/c1-29-7-6-19-20(29)12-18(25)22(28-19)21(10-13-8-14(26)11-15(27)9-13)30-23(31)16-4-2-3-5-17(16)24(30)32/h2-9,11-12,21H,10H2,1H3. The third-order valence-electron chi connectivity index (χ3n) is 5.65. The summed E-state index contributed by atoms with van der Waals surface area (Å²) in [6.45, 7) is 0. The van der Waals surface area contributed by atoms with Gasteiger partial charge in [0, 0.05) is 23.8 Å². The summed E-state index contributed by atoms with van der Waals surface area (Å²) < 4.78 is 30.3. The molecule has 0 aliphatic carbocycles. The van der Waals surface area contributed by atoms with Gasteiger partial charge in [-0.15, -0.1) is 0 Å². The molecule has 0 bridgehead atoms. The molecule has 32 heavy (non-hydrogen) atoms. The van der Waals surface area contributed by atoms with Gasteiger partial charge in [0.25, 0.3) is 11.8 Å². The Hall–Kier alpha value is -3.39. The van der Waals surface area contributed by atoms with Gasteiger partial charge in [-0.3, -0.25) is 14.5 Å². The molecule has 2 amide bonds. The molecule has 5 rings (SSSR count). The molecule has 2 aromatic carbocycles. The van der Waals surface area contributed by atoms with Crippen LogP contribution in [0, 0.1) is 11.6 Å². The van der Waals surface area contributed by atoms with E-state index in [1.54, 1.807) is 24.3 Å². The van der Waals surface area contributed by atoms with Crippen LogP contribution >= 0.6 is 15.9 Å². The van der Waals surface area contributed by atoms with E-state index in [0.717, 1.165) is 16.5 Å². The van der Waals surface area contributed by atoms with E-state index in [0.29, 0.717) is 32.4 Å². The number of nitrogens with zero attached hydrogens (tertiary/aromatic N) is 3. The van der Waals surface area contributed by atoms with Crippen molar-refractivity contribution in [2.75, 3.05) is 0 Å². The maximum Gasteiger partial charge on any atom is 0.262 e. The minimum atomic E-state index is -0.873. The third kappa shape index (κ3) is 3.31. The highest BCUT2D eigenvalue weighted by atomic mass is 79.9. The Morgan fingerprint density at radius 2 is 1.59 bits per heavy atom. The van der Waals surface area contributed by atoms with E-state index in [1.165, 1.54) is 12.1 Å². The number of aromatic nitrogens is 2. The van der Waals surface area contributed by atoms with Gasteiger partial charge >= 0.3 is 0 Å². The zero-order valence-corrected chi connectivity index (χ0v) is 18.4. The number of hydrogen-bond donors (Lipinski definition) is 0. The van der Waals surface area contributed by atoms with E-state index in [9.17, 15) is 18.4 Å². The van der Waals surface area contributed by atoms with Crippen molar-refractivity contribution in [2.45, 2.75) is 12.5 Å². The monoisotopic (exact) mass is 495 g/mol. The first-order chi connectivity index (χ1) is 15.3. The summed E-state index contributed by atoms with van der Waals surface area (Å²) in [6.07, 6.45) is 1.86. The quantitative estimate of drug-likeness (QED) is 0.366. The van der Waals surface area contributed by atoms with Crippen molar-refractivity contribution in [3.05, 3.63) is 99.3 Å². The zero-order valence-electron chi connectivity index (χ0n) is 16.8. The number of carbonyl (C=O) groups is 2. The SMILES string of the molecule is Cn1ccc2nc(C(Cc3cc(F)cc(F)c3)N3C(=O)c4ccccc4C3=O)c(Br)cc21. The van der Waals surface area contributed by atoms with Gasteiger partial charge in [0.2, 0.25) is 0 Å². The lowest BCUT2D eigenvalue weighted by molar-refractivity contribution is 0.0577. The molecule has 8 heteroatoms. The van der Waals surface area contributed by atoms with Crippen LogP contribution in [0.1, 0.15) is 38.0 Å². The topological polar surface area (TPSA) is 55.2 Å². The lowest BCUT2D eigenvalue weighted by Crippen LogP contribution is -2.36. The molecule has 0 fully saturated rings. The molecule has 1 atom stereocenters. The molecular formula is C24H16BrF2N3O2. The van der Waals surface area contributed by atoms with Crippen LogP contribution in [0.2, 0.25) is 0 Å². The number of amides is 2. The van der Waals surface area contributed by atoms with Crippen molar-refractivity contribution in [1.82, 2.24) is 14.5 Å². The molecule has 0 saturated carbocycles. The van der Waals surface area contributed by atoms with Crippen LogP contribution in [0.25, 0.3) is 11.0 Å². The second-order valence-corrected chi connectivity index (χ2v) is 8.56. The van der Waals surface area contributed by atoms with Gasteiger partial charge in [-0.25, -0.2) is 13.8 Å². The number of imide groups is 1. The number of pyridine rings is 1. The Labute approximate surface area is 190 Å². The normalized spacial score (nSPS) is 14.3. The smallest absolute Gasteiger partial charge is 0.262 e. The first-order valence-corrected chi connectivity index (χ1v) is 10.7. The fourth-order valence-corrected chi connectivity index (χ4v) is 4.73. The molecule has 1 aliphatic heterocycles. The maximum atomic E-state index is 13.9. The highest BCUT2D eigenvalue weighted by Gasteiger charge is 2.41. The molecule has 2 aromatic heterocycles. The highest BCUT2D eigenvalue weighted by Crippen LogP contribution is 2.37. The largest absolute Gasteiger partial charge is 0.349 e. The van der Waals surface area contributed by atoms with Crippen molar-refractivity contribution in [1.29, 1.82) is 0 Å². The predicted octanol–water partition coefficient (Wildman–Crippen LogP) is 5.19. The van der Waals surface area contributed by atoms with Crippen LogP contribution < -0.4 is 0 Å². The van der Waals surface area contributed by atoms with E-state index >= 15 is 0 Å². The molecule has 1 unspecified atom stereocenters. The minimum Gasteiger partial charge on any atom is -0.349 e. The van der Waals surface area contributed by atoms with E-state index in [-0.39, 0.29) is 6.42 Å². The molecule has 0 N–H and O–H groups in total. The molecule has 160 valence electrons. The van der Waals surface area contributed by atoms with Gasteiger partial charge < -0.3 is 4.57 Å². The van der Waals surface area contributed by atoms with Crippen LogP contribution in [0.3, 0.4) is 0 Å². The second-order valence-electron chi connectivity index (χ2n) is 7.71. The van der Waals surface area contributed by atoms with Gasteiger partial charge in [-0.2, -0.15) is 0 Å². The van der Waals surface area contributed by atoms with Crippen molar-refractivity contribution in [2.24, 2.45) is 7.05 Å². The van der Waals surface area contributed by atoms with E-state index in [1.807, 2.05) is 29.9 Å². The molecule has 5 nitrogen and oxygen atoms in total. The fraction of sp³-hybridized carbons (Fsp3) is 0.125. The van der Waals surface area contributed by atoms with Crippen LogP contribution in [0.15, 0.2) is 65.3 Å². The van der Waals surface area contributed by atoms with Crippen LogP contribution in [0.4, 0.5) is 8.78 Å². The van der Waals surface area contributed by atoms with E-state index in [4.69, 9.17) is 4.98 Å². The summed E-state index contributed by atoms with van der Waals surface area (Å²) in [6, 6.07) is 12.6. The fourth-order valence-electron chi connectivity index (χ4n) is 4.16. The Balaban J connectivity index is 1.67. The number of halogens is 3. The van der Waals surface area contributed by atoms with Crippen molar-refractivity contribution in [3.8, 4) is 0 Å². The Kier molecular flexibility index (Phi) is 4.89. The summed E-state index contributed by atoms with van der Waals surface area (Å²) in [5.41, 5.74) is 2.87. The molecule has 0 spiro atoms. The number of carbonyl (C=O) groups excluding carboxylic acids is 2. The second kappa shape index (κ2) is 7.63. The molecule has 1 aliphatic rings. The molecule has 0 saturated heterocycles. The van der Waals surface area contributed by atoms with Crippen molar-refractivity contribution in [3.63, 3.8) is 0 Å². The average Bonchev–Trinajstić information content (AvgIpc) is 3.23. The van der Waals surface area contributed by atoms with Crippen LogP contribution in [-0.4, -0.2) is 26.3 Å². The van der Waals surface area contributed by atoms with E-state index < -0.39 is 29.5 Å². The lowest BCUT2D eigenvalue weighted by Gasteiger charge is -2.27. The lowest BCUT2D eigenvalue weighted by atomic mass is 10.0. The van der Waals surface area contributed by atoms with Crippen molar-refractivity contribution >= 4 is 38.8 Å². The summed E-state index contributed by atoms with van der Waals surface area (Å²) in [7, 11) is 1.88. The van der Waals surface area contributed by atoms with Gasteiger partial charge in [0.15, 0.2) is 0 Å². The number of rotatable bonds is 4. The average molecular weight is 496 g/mol. The Morgan fingerprint density at radius 3 is 2.22 bits per heavy atom. The first kappa shape index (κ1) is 20.5. The maximum absolute atomic E-state index is 13.9. The summed E-state index contributed by atoms with van der Waals surface area (Å²) in [5, 5.41) is 0.